The molecule has 1 aromatic rings. The van der Waals surface area contributed by atoms with Crippen molar-refractivity contribution in [2.24, 2.45) is 4.99 Å². The van der Waals surface area contributed by atoms with Crippen LogP contribution in [0.25, 0.3) is 0 Å². The van der Waals surface area contributed by atoms with Crippen LogP contribution in [0.3, 0.4) is 0 Å². The molecular formula is C9H11N3O2. The highest BCUT2D eigenvalue weighted by atomic mass is 16.4. The van der Waals surface area contributed by atoms with Crippen molar-refractivity contribution < 1.29 is 9.90 Å². The first-order valence-electron chi connectivity index (χ1n) is 4.17. The number of hydrogen-bond donors (Lipinski definition) is 1. The van der Waals surface area contributed by atoms with E-state index in [9.17, 15) is 4.79 Å². The van der Waals surface area contributed by atoms with Gasteiger partial charge in [-0.25, -0.2) is 14.3 Å². The van der Waals surface area contributed by atoms with E-state index in [0.717, 1.165) is 17.5 Å². The van der Waals surface area contributed by atoms with Crippen LogP contribution in [0, 0.1) is 0 Å². The molecule has 2 rings (SSSR count). The average molecular weight is 193 g/mol. The van der Waals surface area contributed by atoms with Gasteiger partial charge in [0.2, 0.25) is 0 Å². The summed E-state index contributed by atoms with van der Waals surface area (Å²) in [5.41, 5.74) is 0. The van der Waals surface area contributed by atoms with Gasteiger partial charge in [0.15, 0.2) is 0 Å². The van der Waals surface area contributed by atoms with Gasteiger partial charge in [0.25, 0.3) is 0 Å². The number of nitrogens with zero attached hydrogens (tertiary/aromatic N) is 3. The Kier molecular flexibility index (Phi) is 4.13. The van der Waals surface area contributed by atoms with Crippen molar-refractivity contribution in [3.63, 3.8) is 0 Å². The van der Waals surface area contributed by atoms with Crippen molar-refractivity contribution in [1.82, 2.24) is 9.55 Å². The van der Waals surface area contributed by atoms with E-state index >= 15 is 0 Å². The number of carbonyl (C=O) groups is 1. The van der Waals surface area contributed by atoms with Gasteiger partial charge in [0, 0.05) is 25.2 Å². The summed E-state index contributed by atoms with van der Waals surface area (Å²) >= 11 is 0. The van der Waals surface area contributed by atoms with Crippen LogP contribution in [0.2, 0.25) is 0 Å². The summed E-state index contributed by atoms with van der Waals surface area (Å²) in [7, 11) is 0. The lowest BCUT2D eigenvalue weighted by Crippen LogP contribution is -2.03. The third-order valence-corrected chi connectivity index (χ3v) is 1.48. The number of dihydropyridines is 1. The topological polar surface area (TPSA) is 67.5 Å². The molecule has 0 saturated heterocycles. The number of rotatable bonds is 0. The van der Waals surface area contributed by atoms with Crippen LogP contribution in [-0.2, 0) is 0 Å². The number of aliphatic imine (C=N–C) groups is 1. The summed E-state index contributed by atoms with van der Waals surface area (Å²) in [5, 5.41) is 8.20. The summed E-state index contributed by atoms with van der Waals surface area (Å²) < 4.78 is 0.972. The molecule has 0 fully saturated rings. The summed E-state index contributed by atoms with van der Waals surface area (Å²) in [6.45, 7) is 0.983. The molecule has 1 aromatic heterocycles. The quantitative estimate of drug-likeness (QED) is 0.677. The number of imidazole rings is 1. The number of aromatic nitrogens is 2. The fraction of sp³-hybridized carbons (Fsp3) is 0.222. The maximum atomic E-state index is 9.98. The average Bonchev–Trinajstić information content (AvgIpc) is 2.74. The first kappa shape index (κ1) is 10.2. The molecule has 5 heteroatoms. The van der Waals surface area contributed by atoms with E-state index in [4.69, 9.17) is 5.11 Å². The number of carboxylic acid groups (broad SMARTS) is 1. The van der Waals surface area contributed by atoms with E-state index in [2.05, 4.69) is 16.1 Å². The van der Waals surface area contributed by atoms with Gasteiger partial charge in [-0.3, -0.25) is 4.99 Å². The molecule has 74 valence electrons. The Morgan fingerprint density at radius 1 is 1.50 bits per heavy atom. The highest BCUT2D eigenvalue weighted by molar-refractivity contribution is 5.71. The smallest absolute Gasteiger partial charge is 0.416 e. The zero-order valence-electron chi connectivity index (χ0n) is 7.58. The van der Waals surface area contributed by atoms with E-state index in [0.29, 0.717) is 0 Å². The molecule has 1 aliphatic heterocycles. The van der Waals surface area contributed by atoms with Gasteiger partial charge in [-0.05, 0) is 12.5 Å². The second-order valence-corrected chi connectivity index (χ2v) is 2.52. The molecule has 2 heterocycles. The Morgan fingerprint density at radius 3 is 2.57 bits per heavy atom. The Morgan fingerprint density at radius 2 is 2.36 bits per heavy atom. The van der Waals surface area contributed by atoms with Crippen LogP contribution < -0.4 is 0 Å². The lowest BCUT2D eigenvalue weighted by atomic mass is 10.3. The normalized spacial score (nSPS) is 13.1. The Hall–Kier alpha value is -1.91. The van der Waals surface area contributed by atoms with Crippen molar-refractivity contribution >= 4 is 12.3 Å². The van der Waals surface area contributed by atoms with Crippen LogP contribution in [0.4, 0.5) is 4.79 Å². The molecule has 0 aliphatic carbocycles. The molecule has 0 atom stereocenters. The molecule has 14 heavy (non-hydrogen) atoms. The molecule has 1 aliphatic rings. The number of allylic oxidation sites excluding steroid dienone is 1. The molecule has 0 bridgehead atoms. The molecular weight excluding hydrogens is 182 g/mol. The van der Waals surface area contributed by atoms with Crippen molar-refractivity contribution in [3.05, 3.63) is 30.9 Å². The SMILES string of the molecule is C1=CCCN=C1.O=C(O)n1ccnc1. The van der Waals surface area contributed by atoms with Gasteiger partial charge < -0.3 is 5.11 Å². The van der Waals surface area contributed by atoms with E-state index < -0.39 is 6.09 Å². The standard InChI is InChI=1S/C5H7N.C4H4N2O2/c1-2-4-6-5-3-1;7-4(8)6-2-1-5-3-6/h1-2,4H,3,5H2;1-3H,(H,7,8). The zero-order valence-corrected chi connectivity index (χ0v) is 7.58. The van der Waals surface area contributed by atoms with Crippen molar-refractivity contribution in [2.45, 2.75) is 6.42 Å². The molecule has 0 saturated carbocycles. The van der Waals surface area contributed by atoms with Gasteiger partial charge in [-0.1, -0.05) is 6.08 Å². The Bertz CT molecular complexity index is 316. The Labute approximate surface area is 81.4 Å². The fourth-order valence-corrected chi connectivity index (χ4v) is 0.814. The summed E-state index contributed by atoms with van der Waals surface area (Å²) in [6.07, 6.45) is 10.0. The van der Waals surface area contributed by atoms with E-state index in [1.807, 2.05) is 12.3 Å². The molecule has 1 N–H and O–H groups in total. The van der Waals surface area contributed by atoms with Crippen LogP contribution in [-0.4, -0.2) is 33.5 Å². The Balaban J connectivity index is 0.000000146. The van der Waals surface area contributed by atoms with Crippen LogP contribution in [0.15, 0.2) is 35.9 Å². The third-order valence-electron chi connectivity index (χ3n) is 1.48. The first-order valence-corrected chi connectivity index (χ1v) is 4.17. The minimum Gasteiger partial charge on any atom is -0.464 e. The monoisotopic (exact) mass is 193 g/mol. The third kappa shape index (κ3) is 3.66. The predicted octanol–water partition coefficient (Wildman–Crippen LogP) is 1.43. The maximum absolute atomic E-state index is 9.98. The van der Waals surface area contributed by atoms with Crippen molar-refractivity contribution in [1.29, 1.82) is 0 Å². The first-order chi connectivity index (χ1) is 6.80. The molecule has 5 nitrogen and oxygen atoms in total. The number of hydrogen-bond acceptors (Lipinski definition) is 3. The van der Waals surface area contributed by atoms with Crippen LogP contribution in [0.5, 0.6) is 0 Å². The highest BCUT2D eigenvalue weighted by Crippen LogP contribution is 1.87. The molecule has 0 spiro atoms. The van der Waals surface area contributed by atoms with E-state index in [-0.39, 0.29) is 0 Å². The van der Waals surface area contributed by atoms with Crippen LogP contribution >= 0.6 is 0 Å². The summed E-state index contributed by atoms with van der Waals surface area (Å²) in [6, 6.07) is 0. The van der Waals surface area contributed by atoms with E-state index in [1.165, 1.54) is 18.7 Å². The minimum absolute atomic E-state index is 0.972. The summed E-state index contributed by atoms with van der Waals surface area (Å²) in [4.78, 5) is 17.5. The van der Waals surface area contributed by atoms with Gasteiger partial charge in [-0.15, -0.1) is 0 Å². The molecule has 0 unspecified atom stereocenters. The van der Waals surface area contributed by atoms with Gasteiger partial charge >= 0.3 is 6.09 Å². The zero-order chi connectivity index (χ0) is 10.2. The van der Waals surface area contributed by atoms with Gasteiger partial charge in [-0.2, -0.15) is 0 Å². The lowest BCUT2D eigenvalue weighted by molar-refractivity contribution is 0.196. The van der Waals surface area contributed by atoms with Crippen LogP contribution in [0.1, 0.15) is 6.42 Å². The lowest BCUT2D eigenvalue weighted by Gasteiger charge is -1.88. The maximum Gasteiger partial charge on any atom is 0.416 e. The molecule has 0 radical (unpaired) electrons. The van der Waals surface area contributed by atoms with E-state index in [1.54, 1.807) is 0 Å². The molecule has 0 aromatic carbocycles. The van der Waals surface area contributed by atoms with Crippen molar-refractivity contribution in [3.8, 4) is 0 Å². The van der Waals surface area contributed by atoms with Gasteiger partial charge in [0.1, 0.15) is 6.33 Å². The van der Waals surface area contributed by atoms with Gasteiger partial charge in [0.05, 0.1) is 0 Å². The summed E-state index contributed by atoms with van der Waals surface area (Å²) in [5.74, 6) is 0. The highest BCUT2D eigenvalue weighted by Gasteiger charge is 1.94. The fourth-order valence-electron chi connectivity index (χ4n) is 0.814. The second kappa shape index (κ2) is 5.69. The molecule has 0 amide bonds. The largest absolute Gasteiger partial charge is 0.464 e. The second-order valence-electron chi connectivity index (χ2n) is 2.52. The van der Waals surface area contributed by atoms with Crippen molar-refractivity contribution in [2.75, 3.05) is 6.54 Å². The minimum atomic E-state index is -1.01. The predicted molar refractivity (Wildman–Crippen MR) is 52.8 cm³/mol.